The molecule has 2 atom stereocenters. The third kappa shape index (κ3) is 5.35. The lowest BCUT2D eigenvalue weighted by Gasteiger charge is -2.37. The number of benzene rings is 2. The second-order valence-corrected chi connectivity index (χ2v) is 9.41. The molecule has 0 spiro atoms. The van der Waals surface area contributed by atoms with Crippen molar-refractivity contribution in [1.82, 2.24) is 9.80 Å². The van der Waals surface area contributed by atoms with E-state index in [9.17, 15) is 4.79 Å². The highest BCUT2D eigenvalue weighted by Gasteiger charge is 2.29. The van der Waals surface area contributed by atoms with Crippen LogP contribution in [0.5, 0.6) is 11.5 Å². The van der Waals surface area contributed by atoms with E-state index in [1.54, 1.807) is 18.2 Å². The third-order valence-corrected chi connectivity index (χ3v) is 7.09. The number of hydrogen-bond acceptors (Lipinski definition) is 6. The molecule has 7 heteroatoms. The van der Waals surface area contributed by atoms with Crippen LogP contribution in [0.2, 0.25) is 0 Å². The third-order valence-electron chi connectivity index (χ3n) is 7.09. The Morgan fingerprint density at radius 3 is 2.68 bits per heavy atom. The molecule has 3 heterocycles. The molecule has 0 saturated carbocycles. The molecule has 2 aromatic carbocycles. The van der Waals surface area contributed by atoms with Gasteiger partial charge in [-0.1, -0.05) is 30.3 Å². The molecule has 2 saturated heterocycles. The predicted octanol–water partition coefficient (Wildman–Crippen LogP) is 3.40. The number of piperidine rings is 1. The first-order valence-electron chi connectivity index (χ1n) is 12.2. The van der Waals surface area contributed by atoms with Crippen LogP contribution in [0.25, 0.3) is 0 Å². The maximum atomic E-state index is 12.4. The van der Waals surface area contributed by atoms with E-state index in [0.29, 0.717) is 36.1 Å². The summed E-state index contributed by atoms with van der Waals surface area (Å²) >= 11 is 0. The van der Waals surface area contributed by atoms with Crippen LogP contribution in [0.1, 0.15) is 36.5 Å². The summed E-state index contributed by atoms with van der Waals surface area (Å²) in [4.78, 5) is 16.8. The summed E-state index contributed by atoms with van der Waals surface area (Å²) < 4.78 is 17.7. The van der Waals surface area contributed by atoms with E-state index in [0.717, 1.165) is 51.0 Å². The van der Waals surface area contributed by atoms with Crippen molar-refractivity contribution in [1.29, 1.82) is 5.26 Å². The molecule has 0 aromatic heterocycles. The van der Waals surface area contributed by atoms with Gasteiger partial charge in [-0.3, -0.25) is 9.69 Å². The zero-order valence-corrected chi connectivity index (χ0v) is 19.4. The number of carbonyl (C=O) groups excluding carboxylic acids is 1. The molecule has 34 heavy (non-hydrogen) atoms. The monoisotopic (exact) mass is 461 g/mol. The molecule has 7 nitrogen and oxygen atoms in total. The van der Waals surface area contributed by atoms with E-state index in [4.69, 9.17) is 19.5 Å². The molecule has 0 unspecified atom stereocenters. The zero-order valence-electron chi connectivity index (χ0n) is 19.4. The van der Waals surface area contributed by atoms with Crippen molar-refractivity contribution in [3.05, 3.63) is 59.7 Å². The fraction of sp³-hybridized carbons (Fsp3) is 0.481. The van der Waals surface area contributed by atoms with Crippen LogP contribution in [0.3, 0.4) is 0 Å². The summed E-state index contributed by atoms with van der Waals surface area (Å²) in [5.74, 6) is 2.10. The van der Waals surface area contributed by atoms with Crippen LogP contribution in [0, 0.1) is 17.2 Å². The standard InChI is InChI=1S/C27H31N3O4/c28-15-21-6-7-24-25(14-21)34-23(18-32-24)16-29-11-8-20(9-12-29)10-13-30-17-26(33-19-27(30)31)22-4-2-1-3-5-22/h1-7,14,20,23,26H,8-13,16-19H2/t23-,26-/m0/s1. The number of amides is 1. The zero-order chi connectivity index (χ0) is 23.3. The SMILES string of the molecule is N#Cc1ccc2c(c1)O[C@@H](CN1CCC(CCN3C[C@@H](c4ccccc4)OCC3=O)CC1)CO2. The molecule has 178 valence electrons. The largest absolute Gasteiger partial charge is 0.486 e. The number of nitrogens with zero attached hydrogens (tertiary/aromatic N) is 3. The van der Waals surface area contributed by atoms with Gasteiger partial charge in [-0.2, -0.15) is 5.26 Å². The van der Waals surface area contributed by atoms with Crippen molar-refractivity contribution in [2.45, 2.75) is 31.5 Å². The van der Waals surface area contributed by atoms with E-state index < -0.39 is 0 Å². The minimum Gasteiger partial charge on any atom is -0.486 e. The van der Waals surface area contributed by atoms with Crippen molar-refractivity contribution < 1.29 is 19.0 Å². The smallest absolute Gasteiger partial charge is 0.248 e. The van der Waals surface area contributed by atoms with E-state index in [-0.39, 0.29) is 24.7 Å². The van der Waals surface area contributed by atoms with Gasteiger partial charge in [0.15, 0.2) is 11.5 Å². The fourth-order valence-electron chi connectivity index (χ4n) is 5.06. The van der Waals surface area contributed by atoms with Gasteiger partial charge in [0.2, 0.25) is 5.91 Å². The van der Waals surface area contributed by atoms with Crippen LogP contribution >= 0.6 is 0 Å². The number of carbonyl (C=O) groups is 1. The Kier molecular flexibility index (Phi) is 6.98. The maximum Gasteiger partial charge on any atom is 0.248 e. The first-order valence-corrected chi connectivity index (χ1v) is 12.2. The Balaban J connectivity index is 1.06. The van der Waals surface area contributed by atoms with Gasteiger partial charge in [0, 0.05) is 19.2 Å². The molecule has 3 aliphatic heterocycles. The molecule has 2 fully saturated rings. The minimum atomic E-state index is -0.0344. The van der Waals surface area contributed by atoms with Gasteiger partial charge in [0.1, 0.15) is 25.4 Å². The Bertz CT molecular complexity index is 1030. The molecular formula is C27H31N3O4. The Morgan fingerprint density at radius 1 is 1.06 bits per heavy atom. The van der Waals surface area contributed by atoms with Crippen LogP contribution in [0.4, 0.5) is 0 Å². The van der Waals surface area contributed by atoms with Crippen molar-refractivity contribution in [2.75, 3.05) is 45.9 Å². The van der Waals surface area contributed by atoms with E-state index >= 15 is 0 Å². The normalized spacial score (nSPS) is 23.5. The van der Waals surface area contributed by atoms with Crippen LogP contribution in [0.15, 0.2) is 48.5 Å². The summed E-state index contributed by atoms with van der Waals surface area (Å²) in [5, 5.41) is 9.12. The predicted molar refractivity (Wildman–Crippen MR) is 127 cm³/mol. The fourth-order valence-corrected chi connectivity index (χ4v) is 5.06. The lowest BCUT2D eigenvalue weighted by atomic mass is 9.93. The Hall–Kier alpha value is -3.08. The summed E-state index contributed by atoms with van der Waals surface area (Å²) in [6, 6.07) is 17.6. The van der Waals surface area contributed by atoms with Gasteiger partial charge >= 0.3 is 0 Å². The van der Waals surface area contributed by atoms with Crippen molar-refractivity contribution >= 4 is 5.91 Å². The first kappa shape index (κ1) is 22.7. The number of hydrogen-bond donors (Lipinski definition) is 0. The van der Waals surface area contributed by atoms with Gasteiger partial charge in [0.05, 0.1) is 18.2 Å². The van der Waals surface area contributed by atoms with E-state index in [1.807, 2.05) is 23.1 Å². The van der Waals surface area contributed by atoms with Gasteiger partial charge in [0.25, 0.3) is 0 Å². The highest BCUT2D eigenvalue weighted by atomic mass is 16.6. The van der Waals surface area contributed by atoms with Gasteiger partial charge in [-0.05, 0) is 56.0 Å². The Labute approximate surface area is 200 Å². The number of rotatable bonds is 6. The number of ether oxygens (including phenoxy) is 3. The lowest BCUT2D eigenvalue weighted by Crippen LogP contribution is -2.46. The van der Waals surface area contributed by atoms with Gasteiger partial charge < -0.3 is 19.1 Å². The molecule has 0 N–H and O–H groups in total. The molecule has 0 bridgehead atoms. The molecule has 0 aliphatic carbocycles. The van der Waals surface area contributed by atoms with E-state index in [1.165, 1.54) is 0 Å². The minimum absolute atomic E-state index is 0.0288. The van der Waals surface area contributed by atoms with Crippen molar-refractivity contribution in [2.24, 2.45) is 5.92 Å². The summed E-state index contributed by atoms with van der Waals surface area (Å²) in [6.07, 6.45) is 3.23. The van der Waals surface area contributed by atoms with Crippen molar-refractivity contribution in [3.63, 3.8) is 0 Å². The van der Waals surface area contributed by atoms with E-state index in [2.05, 4.69) is 23.1 Å². The highest BCUT2D eigenvalue weighted by molar-refractivity contribution is 5.78. The number of fused-ring (bicyclic) bond motifs is 1. The average Bonchev–Trinajstić information content (AvgIpc) is 2.89. The first-order chi connectivity index (χ1) is 16.7. The second kappa shape index (κ2) is 10.5. The topological polar surface area (TPSA) is 75.0 Å². The molecule has 1 amide bonds. The number of likely N-dealkylation sites (tertiary alicyclic amines) is 1. The lowest BCUT2D eigenvalue weighted by molar-refractivity contribution is -0.149. The number of morpholine rings is 1. The molecule has 5 rings (SSSR count). The van der Waals surface area contributed by atoms with Gasteiger partial charge in [-0.25, -0.2) is 0 Å². The van der Waals surface area contributed by atoms with Gasteiger partial charge in [-0.15, -0.1) is 0 Å². The second-order valence-electron chi connectivity index (χ2n) is 9.41. The molecule has 2 aromatic rings. The molecular weight excluding hydrogens is 430 g/mol. The van der Waals surface area contributed by atoms with Crippen molar-refractivity contribution in [3.8, 4) is 17.6 Å². The average molecular weight is 462 g/mol. The number of nitriles is 1. The summed E-state index contributed by atoms with van der Waals surface area (Å²) in [7, 11) is 0. The maximum absolute atomic E-state index is 12.4. The van der Waals surface area contributed by atoms with Crippen LogP contribution < -0.4 is 9.47 Å². The molecule has 3 aliphatic rings. The summed E-state index contributed by atoms with van der Waals surface area (Å²) in [6.45, 7) is 5.01. The van der Waals surface area contributed by atoms with Crippen LogP contribution in [-0.4, -0.2) is 67.7 Å². The quantitative estimate of drug-likeness (QED) is 0.657. The molecule has 0 radical (unpaired) electrons. The van der Waals surface area contributed by atoms with Crippen LogP contribution in [-0.2, 0) is 9.53 Å². The summed E-state index contributed by atoms with van der Waals surface area (Å²) in [5.41, 5.74) is 1.71. The Morgan fingerprint density at radius 2 is 1.88 bits per heavy atom. The highest BCUT2D eigenvalue weighted by Crippen LogP contribution is 2.33.